The number of carbonyl (C=O) groups excluding carboxylic acids is 1. The first-order valence-corrected chi connectivity index (χ1v) is 4.66. The smallest absolute Gasteiger partial charge is 0.311 e. The Kier molecular flexibility index (Phi) is 3.66. The Morgan fingerprint density at radius 3 is 2.71 bits per heavy atom. The Morgan fingerprint density at radius 1 is 1.57 bits per heavy atom. The van der Waals surface area contributed by atoms with E-state index in [1.807, 2.05) is 0 Å². The summed E-state index contributed by atoms with van der Waals surface area (Å²) in [6.45, 7) is 3.56. The van der Waals surface area contributed by atoms with Gasteiger partial charge in [0.2, 0.25) is 0 Å². The number of esters is 1. The van der Waals surface area contributed by atoms with Gasteiger partial charge < -0.3 is 14.9 Å². The number of allylic oxidation sites excluding steroid dienone is 1. The third-order valence-electron chi connectivity index (χ3n) is 2.77. The summed E-state index contributed by atoms with van der Waals surface area (Å²) < 4.78 is 4.59. The van der Waals surface area contributed by atoms with E-state index in [2.05, 4.69) is 11.3 Å². The molecule has 4 atom stereocenters. The monoisotopic (exact) mass is 200 g/mol. The third-order valence-corrected chi connectivity index (χ3v) is 2.77. The molecule has 1 aliphatic rings. The molecule has 1 fully saturated rings. The number of hydrogen-bond donors (Lipinski definition) is 2. The molecular weight excluding hydrogens is 184 g/mol. The molecule has 0 aromatic rings. The second-order valence-electron chi connectivity index (χ2n) is 3.61. The molecule has 0 aromatic carbocycles. The van der Waals surface area contributed by atoms with Crippen molar-refractivity contribution in [2.75, 3.05) is 7.11 Å². The lowest BCUT2D eigenvalue weighted by Crippen LogP contribution is -2.30. The number of aliphatic hydroxyl groups excluding tert-OH is 2. The SMILES string of the molecule is C=CC[C@@H]1[C@@H](C(=O)OC)[C@H](O)C[C@@H]1O. The Hall–Kier alpha value is -0.870. The van der Waals surface area contributed by atoms with Crippen LogP contribution in [0, 0.1) is 11.8 Å². The van der Waals surface area contributed by atoms with Crippen LogP contribution in [0.2, 0.25) is 0 Å². The molecule has 2 N–H and O–H groups in total. The van der Waals surface area contributed by atoms with Crippen LogP contribution in [0.3, 0.4) is 0 Å². The molecule has 0 bridgehead atoms. The molecule has 80 valence electrons. The zero-order chi connectivity index (χ0) is 10.7. The van der Waals surface area contributed by atoms with E-state index in [9.17, 15) is 15.0 Å². The highest BCUT2D eigenvalue weighted by Crippen LogP contribution is 2.35. The second kappa shape index (κ2) is 4.57. The van der Waals surface area contributed by atoms with Crippen molar-refractivity contribution in [1.82, 2.24) is 0 Å². The maximum absolute atomic E-state index is 11.3. The highest BCUT2D eigenvalue weighted by atomic mass is 16.5. The third kappa shape index (κ3) is 1.96. The van der Waals surface area contributed by atoms with E-state index in [4.69, 9.17) is 0 Å². The van der Waals surface area contributed by atoms with E-state index in [0.29, 0.717) is 6.42 Å². The predicted octanol–water partition coefficient (Wildman–Crippen LogP) is 0.0934. The van der Waals surface area contributed by atoms with Crippen LogP contribution >= 0.6 is 0 Å². The lowest BCUT2D eigenvalue weighted by Gasteiger charge is -2.19. The van der Waals surface area contributed by atoms with Gasteiger partial charge in [-0.1, -0.05) is 6.08 Å². The number of ether oxygens (including phenoxy) is 1. The van der Waals surface area contributed by atoms with Crippen molar-refractivity contribution in [1.29, 1.82) is 0 Å². The molecule has 0 amide bonds. The summed E-state index contributed by atoms with van der Waals surface area (Å²) in [5, 5.41) is 19.2. The van der Waals surface area contributed by atoms with Gasteiger partial charge in [-0.2, -0.15) is 0 Å². The molecule has 0 aromatic heterocycles. The van der Waals surface area contributed by atoms with Gasteiger partial charge >= 0.3 is 5.97 Å². The molecule has 0 radical (unpaired) electrons. The van der Waals surface area contributed by atoms with E-state index in [-0.39, 0.29) is 12.3 Å². The van der Waals surface area contributed by atoms with Crippen molar-refractivity contribution in [3.05, 3.63) is 12.7 Å². The molecule has 1 rings (SSSR count). The van der Waals surface area contributed by atoms with E-state index < -0.39 is 24.1 Å². The number of methoxy groups -OCH3 is 1. The molecule has 4 heteroatoms. The Balaban J connectivity index is 2.77. The van der Waals surface area contributed by atoms with Crippen LogP contribution < -0.4 is 0 Å². The molecule has 14 heavy (non-hydrogen) atoms. The number of hydrogen-bond acceptors (Lipinski definition) is 4. The van der Waals surface area contributed by atoms with Crippen molar-refractivity contribution in [2.45, 2.75) is 25.0 Å². The van der Waals surface area contributed by atoms with Gasteiger partial charge in [0, 0.05) is 12.3 Å². The lowest BCUT2D eigenvalue weighted by molar-refractivity contribution is -0.150. The van der Waals surface area contributed by atoms with Crippen LogP contribution in [0.5, 0.6) is 0 Å². The zero-order valence-corrected chi connectivity index (χ0v) is 8.22. The molecule has 4 nitrogen and oxygen atoms in total. The van der Waals surface area contributed by atoms with E-state index >= 15 is 0 Å². The summed E-state index contributed by atoms with van der Waals surface area (Å²) in [5.41, 5.74) is 0. The molecule has 1 aliphatic carbocycles. The second-order valence-corrected chi connectivity index (χ2v) is 3.61. The Morgan fingerprint density at radius 2 is 2.21 bits per heavy atom. The van der Waals surface area contributed by atoms with Crippen molar-refractivity contribution in [3.63, 3.8) is 0 Å². The fourth-order valence-corrected chi connectivity index (χ4v) is 2.06. The first-order chi connectivity index (χ1) is 6.61. The highest BCUT2D eigenvalue weighted by molar-refractivity contribution is 5.74. The molecule has 0 spiro atoms. The van der Waals surface area contributed by atoms with Gasteiger partial charge in [-0.05, 0) is 6.42 Å². The van der Waals surface area contributed by atoms with Crippen molar-refractivity contribution < 1.29 is 19.7 Å². The van der Waals surface area contributed by atoms with Gasteiger partial charge in [0.25, 0.3) is 0 Å². The van der Waals surface area contributed by atoms with Gasteiger partial charge in [0.15, 0.2) is 0 Å². The largest absolute Gasteiger partial charge is 0.469 e. The quantitative estimate of drug-likeness (QED) is 0.500. The minimum absolute atomic E-state index is 0.234. The van der Waals surface area contributed by atoms with Crippen LogP contribution in [-0.4, -0.2) is 35.5 Å². The first kappa shape index (κ1) is 11.2. The minimum atomic E-state index is -0.803. The minimum Gasteiger partial charge on any atom is -0.469 e. The van der Waals surface area contributed by atoms with E-state index in [0.717, 1.165) is 0 Å². The summed E-state index contributed by atoms with van der Waals surface area (Å²) in [4.78, 5) is 11.3. The summed E-state index contributed by atoms with van der Waals surface area (Å²) in [6, 6.07) is 0. The highest BCUT2D eigenvalue weighted by Gasteiger charge is 2.45. The van der Waals surface area contributed by atoms with Crippen molar-refractivity contribution in [2.24, 2.45) is 11.8 Å². The van der Waals surface area contributed by atoms with Crippen LogP contribution in [0.15, 0.2) is 12.7 Å². The predicted molar refractivity (Wildman–Crippen MR) is 50.4 cm³/mol. The van der Waals surface area contributed by atoms with Gasteiger partial charge in [-0.25, -0.2) is 0 Å². The fourth-order valence-electron chi connectivity index (χ4n) is 2.06. The van der Waals surface area contributed by atoms with Crippen LogP contribution in [0.1, 0.15) is 12.8 Å². The Labute approximate surface area is 83.2 Å². The number of rotatable bonds is 3. The summed E-state index contributed by atoms with van der Waals surface area (Å²) >= 11 is 0. The summed E-state index contributed by atoms with van der Waals surface area (Å²) in [5.74, 6) is -1.34. The van der Waals surface area contributed by atoms with Gasteiger partial charge in [0.1, 0.15) is 0 Å². The standard InChI is InChI=1S/C10H16O4/c1-3-4-6-7(11)5-8(12)9(6)10(13)14-2/h3,6-9,11-12H,1,4-5H2,2H3/t6-,7-,8+,9+/m0/s1. The van der Waals surface area contributed by atoms with Gasteiger partial charge in [0.05, 0.1) is 25.2 Å². The maximum Gasteiger partial charge on any atom is 0.311 e. The van der Waals surface area contributed by atoms with Crippen LogP contribution in [-0.2, 0) is 9.53 Å². The van der Waals surface area contributed by atoms with Gasteiger partial charge in [-0.15, -0.1) is 6.58 Å². The average Bonchev–Trinajstić information content (AvgIpc) is 2.42. The first-order valence-electron chi connectivity index (χ1n) is 4.66. The maximum atomic E-state index is 11.3. The molecular formula is C10H16O4. The van der Waals surface area contributed by atoms with Crippen LogP contribution in [0.25, 0.3) is 0 Å². The number of carbonyl (C=O) groups is 1. The summed E-state index contributed by atoms with van der Waals surface area (Å²) in [7, 11) is 1.28. The molecule has 1 saturated carbocycles. The van der Waals surface area contributed by atoms with Crippen molar-refractivity contribution >= 4 is 5.97 Å². The lowest BCUT2D eigenvalue weighted by atomic mass is 9.91. The number of aliphatic hydroxyl groups is 2. The summed E-state index contributed by atoms with van der Waals surface area (Å²) in [6.07, 6.45) is 0.938. The molecule has 0 aliphatic heterocycles. The fraction of sp³-hybridized carbons (Fsp3) is 0.700. The molecule has 0 unspecified atom stereocenters. The average molecular weight is 200 g/mol. The molecule has 0 heterocycles. The van der Waals surface area contributed by atoms with E-state index in [1.54, 1.807) is 6.08 Å². The molecule has 0 saturated heterocycles. The Bertz CT molecular complexity index is 226. The van der Waals surface area contributed by atoms with Gasteiger partial charge in [-0.3, -0.25) is 4.79 Å². The van der Waals surface area contributed by atoms with Crippen LogP contribution in [0.4, 0.5) is 0 Å². The topological polar surface area (TPSA) is 66.8 Å². The normalized spacial score (nSPS) is 36.8. The van der Waals surface area contributed by atoms with E-state index in [1.165, 1.54) is 7.11 Å². The van der Waals surface area contributed by atoms with Crippen molar-refractivity contribution in [3.8, 4) is 0 Å². The zero-order valence-electron chi connectivity index (χ0n) is 8.22.